The van der Waals surface area contributed by atoms with Crippen LogP contribution in [0.2, 0.25) is 0 Å². The highest BCUT2D eigenvalue weighted by atomic mass is 32.2. The van der Waals surface area contributed by atoms with E-state index in [1.165, 1.54) is 45.1 Å². The first-order valence-electron chi connectivity index (χ1n) is 8.67. The van der Waals surface area contributed by atoms with E-state index in [2.05, 4.69) is 39.6 Å². The minimum atomic E-state index is -1.00. The largest absolute Gasteiger partial charge is 0.385 e. The van der Waals surface area contributed by atoms with Crippen LogP contribution in [0.25, 0.3) is 0 Å². The van der Waals surface area contributed by atoms with Crippen LogP contribution in [0.5, 0.6) is 0 Å². The molecule has 0 radical (unpaired) electrons. The van der Waals surface area contributed by atoms with Crippen molar-refractivity contribution in [3.63, 3.8) is 0 Å². The molecule has 0 aliphatic carbocycles. The van der Waals surface area contributed by atoms with Crippen LogP contribution in [0.3, 0.4) is 0 Å². The zero-order valence-electron chi connectivity index (χ0n) is 16.6. The van der Waals surface area contributed by atoms with Gasteiger partial charge in [0.25, 0.3) is 0 Å². The van der Waals surface area contributed by atoms with Gasteiger partial charge in [-0.3, -0.25) is 9.79 Å². The van der Waals surface area contributed by atoms with E-state index in [1.807, 2.05) is 6.07 Å². The number of thioether (sulfide) groups is 1. The number of ether oxygens (including phenoxy) is 1. The zero-order chi connectivity index (χ0) is 19.9. The molecule has 1 atom stereocenters. The number of nitrogens with two attached hydrogens (primary N) is 1. The van der Waals surface area contributed by atoms with Gasteiger partial charge in [0.1, 0.15) is 0 Å². The second kappa shape index (κ2) is 10.3. The van der Waals surface area contributed by atoms with Gasteiger partial charge >= 0.3 is 0 Å². The molecule has 1 aromatic carbocycles. The van der Waals surface area contributed by atoms with Gasteiger partial charge in [-0.25, -0.2) is 0 Å². The lowest BCUT2D eigenvalue weighted by Crippen LogP contribution is -2.28. The van der Waals surface area contributed by atoms with Crippen molar-refractivity contribution in [3.8, 4) is 6.07 Å². The molecule has 0 saturated heterocycles. The van der Waals surface area contributed by atoms with E-state index in [0.717, 1.165) is 6.42 Å². The Hall–Kier alpha value is -1.84. The zero-order valence-corrected chi connectivity index (χ0v) is 17.4. The SMILES string of the molecule is COCCCN=C(SCc1c(C)c(C)c(C)c(C)c1C)C(C#N)C(N)=O. The van der Waals surface area contributed by atoms with Gasteiger partial charge in [0.2, 0.25) is 5.91 Å². The van der Waals surface area contributed by atoms with E-state index >= 15 is 0 Å². The third kappa shape index (κ3) is 5.33. The van der Waals surface area contributed by atoms with Crippen LogP contribution in [0.15, 0.2) is 4.99 Å². The van der Waals surface area contributed by atoms with Gasteiger partial charge in [-0.15, -0.1) is 11.8 Å². The molecule has 142 valence electrons. The number of hydrogen-bond donors (Lipinski definition) is 1. The minimum absolute atomic E-state index is 0.491. The maximum Gasteiger partial charge on any atom is 0.241 e. The minimum Gasteiger partial charge on any atom is -0.385 e. The van der Waals surface area contributed by atoms with Crippen molar-refractivity contribution in [1.29, 1.82) is 5.26 Å². The van der Waals surface area contributed by atoms with Gasteiger partial charge in [-0.2, -0.15) is 5.26 Å². The molecule has 6 heteroatoms. The Balaban J connectivity index is 3.11. The molecule has 5 nitrogen and oxygen atoms in total. The summed E-state index contributed by atoms with van der Waals surface area (Å²) in [6, 6.07) is 1.98. The third-order valence-corrected chi connectivity index (χ3v) is 6.05. The number of benzene rings is 1. The summed E-state index contributed by atoms with van der Waals surface area (Å²) < 4.78 is 5.02. The summed E-state index contributed by atoms with van der Waals surface area (Å²) in [7, 11) is 1.63. The van der Waals surface area contributed by atoms with E-state index in [9.17, 15) is 10.1 Å². The standard InChI is InChI=1S/C20H29N3O2S/c1-12-13(2)15(4)18(16(5)14(12)3)11-26-20(17(10-21)19(22)24)23-8-7-9-25-6/h17H,7-9,11H2,1-6H3,(H2,22,24). The van der Waals surface area contributed by atoms with Crippen molar-refractivity contribution >= 4 is 22.7 Å². The first kappa shape index (κ1) is 22.2. The van der Waals surface area contributed by atoms with Crippen molar-refractivity contribution in [1.82, 2.24) is 0 Å². The van der Waals surface area contributed by atoms with Crippen molar-refractivity contribution in [2.75, 3.05) is 20.3 Å². The van der Waals surface area contributed by atoms with Crippen LogP contribution in [-0.2, 0) is 15.3 Å². The number of amides is 1. The Kier molecular flexibility index (Phi) is 8.83. The lowest BCUT2D eigenvalue weighted by atomic mass is 9.90. The normalized spacial score (nSPS) is 12.7. The van der Waals surface area contributed by atoms with E-state index in [1.54, 1.807) is 7.11 Å². The number of aliphatic imine (C=N–C) groups is 1. The maximum atomic E-state index is 11.6. The average Bonchev–Trinajstić information content (AvgIpc) is 2.61. The smallest absolute Gasteiger partial charge is 0.241 e. The van der Waals surface area contributed by atoms with E-state index in [-0.39, 0.29) is 0 Å². The molecule has 0 aliphatic heterocycles. The molecule has 0 aliphatic rings. The lowest BCUT2D eigenvalue weighted by Gasteiger charge is -2.19. The van der Waals surface area contributed by atoms with Crippen LogP contribution in [0, 0.1) is 51.9 Å². The van der Waals surface area contributed by atoms with Crippen molar-refractivity contribution in [2.45, 2.75) is 46.8 Å². The molecule has 0 heterocycles. The molecule has 1 rings (SSSR count). The molecule has 2 N–H and O–H groups in total. The summed E-state index contributed by atoms with van der Waals surface area (Å²) in [5.74, 6) is -1.00. The third-order valence-electron chi connectivity index (χ3n) is 4.95. The molecule has 26 heavy (non-hydrogen) atoms. The van der Waals surface area contributed by atoms with E-state index < -0.39 is 11.8 Å². The topological polar surface area (TPSA) is 88.5 Å². The van der Waals surface area contributed by atoms with Gasteiger partial charge in [-0.05, 0) is 74.4 Å². The monoisotopic (exact) mass is 375 g/mol. The number of hydrogen-bond acceptors (Lipinski definition) is 5. The van der Waals surface area contributed by atoms with Crippen LogP contribution in [-0.4, -0.2) is 31.2 Å². The Morgan fingerprint density at radius 1 is 1.15 bits per heavy atom. The Labute approximate surface area is 161 Å². The lowest BCUT2D eigenvalue weighted by molar-refractivity contribution is -0.118. The molecule has 0 bridgehead atoms. The van der Waals surface area contributed by atoms with Gasteiger partial charge in [0.05, 0.1) is 11.1 Å². The number of nitriles is 1. The van der Waals surface area contributed by atoms with E-state index in [0.29, 0.717) is 23.9 Å². The number of rotatable bonds is 8. The molecular weight excluding hydrogens is 346 g/mol. The highest BCUT2D eigenvalue weighted by molar-refractivity contribution is 8.13. The van der Waals surface area contributed by atoms with Gasteiger partial charge < -0.3 is 10.5 Å². The number of nitrogens with zero attached hydrogens (tertiary/aromatic N) is 2. The molecular formula is C20H29N3O2S. The summed E-state index contributed by atoms with van der Waals surface area (Å²) in [4.78, 5) is 16.1. The van der Waals surface area contributed by atoms with Gasteiger partial charge in [0.15, 0.2) is 5.92 Å². The molecule has 0 spiro atoms. The summed E-state index contributed by atoms with van der Waals surface area (Å²) in [6.07, 6.45) is 0.734. The fourth-order valence-electron chi connectivity index (χ4n) is 2.80. The second-order valence-electron chi connectivity index (χ2n) is 6.42. The highest BCUT2D eigenvalue weighted by Crippen LogP contribution is 2.30. The first-order chi connectivity index (χ1) is 12.3. The van der Waals surface area contributed by atoms with Crippen LogP contribution >= 0.6 is 11.8 Å². The fraction of sp³-hybridized carbons (Fsp3) is 0.550. The predicted molar refractivity (Wildman–Crippen MR) is 109 cm³/mol. The average molecular weight is 376 g/mol. The Morgan fingerprint density at radius 2 is 1.69 bits per heavy atom. The Bertz CT molecular complexity index is 707. The summed E-state index contributed by atoms with van der Waals surface area (Å²) in [6.45, 7) is 11.7. The molecule has 1 unspecified atom stereocenters. The number of primary amides is 1. The van der Waals surface area contributed by atoms with Crippen molar-refractivity contribution in [2.24, 2.45) is 16.6 Å². The van der Waals surface area contributed by atoms with Crippen molar-refractivity contribution in [3.05, 3.63) is 33.4 Å². The Morgan fingerprint density at radius 3 is 2.15 bits per heavy atom. The van der Waals surface area contributed by atoms with Gasteiger partial charge in [0, 0.05) is 26.0 Å². The molecule has 1 amide bonds. The number of carbonyl (C=O) groups excluding carboxylic acids is 1. The molecule has 0 fully saturated rings. The quantitative estimate of drug-likeness (QED) is 0.428. The molecule has 1 aromatic rings. The number of carbonyl (C=O) groups is 1. The molecule has 0 aromatic heterocycles. The predicted octanol–water partition coefficient (Wildman–Crippen LogP) is 3.52. The maximum absolute atomic E-state index is 11.6. The van der Waals surface area contributed by atoms with Gasteiger partial charge in [-0.1, -0.05) is 0 Å². The van der Waals surface area contributed by atoms with Crippen LogP contribution in [0.4, 0.5) is 0 Å². The van der Waals surface area contributed by atoms with Crippen LogP contribution in [0.1, 0.15) is 39.8 Å². The summed E-state index contributed by atoms with van der Waals surface area (Å²) in [5.41, 5.74) is 13.0. The summed E-state index contributed by atoms with van der Waals surface area (Å²) >= 11 is 1.43. The fourth-order valence-corrected chi connectivity index (χ4v) is 4.04. The van der Waals surface area contributed by atoms with Crippen molar-refractivity contribution < 1.29 is 9.53 Å². The first-order valence-corrected chi connectivity index (χ1v) is 9.65. The molecule has 0 saturated carbocycles. The highest BCUT2D eigenvalue weighted by Gasteiger charge is 2.23. The van der Waals surface area contributed by atoms with E-state index in [4.69, 9.17) is 10.5 Å². The summed E-state index contributed by atoms with van der Waals surface area (Å²) in [5, 5.41) is 9.82. The second-order valence-corrected chi connectivity index (χ2v) is 7.42. The van der Waals surface area contributed by atoms with Crippen LogP contribution < -0.4 is 5.73 Å². The number of methoxy groups -OCH3 is 1.